The SMILES string of the molecule is C[C@H](NC(=S)Nc1ccc(SC(F)F)cc1)C(C)(C)C. The topological polar surface area (TPSA) is 24.1 Å². The van der Waals surface area contributed by atoms with Crippen LogP contribution in [0.2, 0.25) is 0 Å². The Balaban J connectivity index is 2.54. The number of nitrogens with one attached hydrogen (secondary N) is 2. The largest absolute Gasteiger partial charge is 0.359 e. The molecule has 0 saturated carbocycles. The Morgan fingerprint density at radius 2 is 1.75 bits per heavy atom. The van der Waals surface area contributed by atoms with E-state index in [4.69, 9.17) is 12.2 Å². The molecule has 1 aromatic rings. The van der Waals surface area contributed by atoms with Crippen molar-refractivity contribution in [1.29, 1.82) is 0 Å². The second-order valence-corrected chi connectivity index (χ2v) is 7.06. The molecule has 2 nitrogen and oxygen atoms in total. The highest BCUT2D eigenvalue weighted by Crippen LogP contribution is 2.26. The van der Waals surface area contributed by atoms with Crippen molar-refractivity contribution >= 4 is 34.8 Å². The maximum Gasteiger partial charge on any atom is 0.288 e. The van der Waals surface area contributed by atoms with E-state index in [1.54, 1.807) is 24.3 Å². The highest BCUT2D eigenvalue weighted by molar-refractivity contribution is 7.99. The Kier molecular flexibility index (Phi) is 6.20. The minimum absolute atomic E-state index is 0.101. The smallest absolute Gasteiger partial charge is 0.288 e. The molecule has 0 aromatic heterocycles. The summed E-state index contributed by atoms with van der Waals surface area (Å²) in [6.45, 7) is 8.45. The van der Waals surface area contributed by atoms with Gasteiger partial charge in [0.2, 0.25) is 0 Å². The van der Waals surface area contributed by atoms with Gasteiger partial charge in [-0.25, -0.2) is 0 Å². The second-order valence-electron chi connectivity index (χ2n) is 5.59. The lowest BCUT2D eigenvalue weighted by molar-refractivity contribution is 0.252. The zero-order valence-electron chi connectivity index (χ0n) is 12.0. The van der Waals surface area contributed by atoms with Crippen LogP contribution in [0.15, 0.2) is 29.2 Å². The first kappa shape index (κ1) is 17.2. The predicted molar refractivity (Wildman–Crippen MR) is 86.6 cm³/mol. The molecule has 2 N–H and O–H groups in total. The van der Waals surface area contributed by atoms with Gasteiger partial charge >= 0.3 is 0 Å². The van der Waals surface area contributed by atoms with E-state index in [1.165, 1.54) is 0 Å². The summed E-state index contributed by atoms with van der Waals surface area (Å²) in [4.78, 5) is 0.535. The van der Waals surface area contributed by atoms with Gasteiger partial charge in [-0.15, -0.1) is 0 Å². The molecule has 0 spiro atoms. The number of halogens is 2. The molecule has 1 atom stereocenters. The molecular formula is C14H20F2N2S2. The van der Waals surface area contributed by atoms with Gasteiger partial charge in [0, 0.05) is 16.6 Å². The van der Waals surface area contributed by atoms with Crippen molar-refractivity contribution in [2.45, 2.75) is 44.4 Å². The minimum atomic E-state index is -2.40. The molecule has 0 radical (unpaired) electrons. The molecule has 0 saturated heterocycles. The summed E-state index contributed by atoms with van der Waals surface area (Å²) in [6, 6.07) is 6.99. The Hall–Kier alpha value is -0.880. The van der Waals surface area contributed by atoms with Crippen molar-refractivity contribution < 1.29 is 8.78 Å². The summed E-state index contributed by atoms with van der Waals surface area (Å²) in [6.07, 6.45) is 0. The van der Waals surface area contributed by atoms with Crippen LogP contribution in [0.5, 0.6) is 0 Å². The van der Waals surface area contributed by atoms with Gasteiger partial charge in [0.1, 0.15) is 0 Å². The van der Waals surface area contributed by atoms with E-state index in [0.717, 1.165) is 5.69 Å². The fourth-order valence-corrected chi connectivity index (χ4v) is 2.09. The summed E-state index contributed by atoms with van der Waals surface area (Å²) >= 11 is 5.77. The van der Waals surface area contributed by atoms with E-state index in [9.17, 15) is 8.78 Å². The third-order valence-corrected chi connectivity index (χ3v) is 3.93. The molecule has 1 aromatic carbocycles. The predicted octanol–water partition coefficient (Wildman–Crippen LogP) is 4.72. The van der Waals surface area contributed by atoms with Gasteiger partial charge in [-0.3, -0.25) is 0 Å². The lowest BCUT2D eigenvalue weighted by Gasteiger charge is -2.29. The molecule has 20 heavy (non-hydrogen) atoms. The summed E-state index contributed by atoms with van der Waals surface area (Å²) in [7, 11) is 0. The number of thioether (sulfide) groups is 1. The average molecular weight is 318 g/mol. The number of benzene rings is 1. The van der Waals surface area contributed by atoms with Crippen molar-refractivity contribution in [3.8, 4) is 0 Å². The summed E-state index contributed by atoms with van der Waals surface area (Å²) < 4.78 is 24.4. The Labute approximate surface area is 128 Å². The number of hydrogen-bond donors (Lipinski definition) is 2. The van der Waals surface area contributed by atoms with Gasteiger partial charge in [0.05, 0.1) is 0 Å². The first-order chi connectivity index (χ1) is 9.18. The molecule has 0 fully saturated rings. The van der Waals surface area contributed by atoms with Gasteiger partial charge in [-0.2, -0.15) is 8.78 Å². The normalized spacial score (nSPS) is 13.2. The van der Waals surface area contributed by atoms with Gasteiger partial charge in [0.25, 0.3) is 5.76 Å². The fourth-order valence-electron chi connectivity index (χ4n) is 1.30. The van der Waals surface area contributed by atoms with Crippen LogP contribution in [0.4, 0.5) is 14.5 Å². The zero-order chi connectivity index (χ0) is 15.3. The van der Waals surface area contributed by atoms with Crippen LogP contribution >= 0.6 is 24.0 Å². The van der Waals surface area contributed by atoms with Gasteiger partial charge < -0.3 is 10.6 Å². The molecule has 6 heteroatoms. The molecule has 0 heterocycles. The second kappa shape index (κ2) is 7.22. The number of hydrogen-bond acceptors (Lipinski definition) is 2. The Morgan fingerprint density at radius 3 is 2.20 bits per heavy atom. The molecule has 0 amide bonds. The van der Waals surface area contributed by atoms with E-state index < -0.39 is 5.76 Å². The van der Waals surface area contributed by atoms with Crippen LogP contribution in [0.3, 0.4) is 0 Å². The van der Waals surface area contributed by atoms with Crippen LogP contribution in [0.25, 0.3) is 0 Å². The molecule has 112 valence electrons. The van der Waals surface area contributed by atoms with E-state index in [2.05, 4.69) is 38.3 Å². The number of rotatable bonds is 4. The van der Waals surface area contributed by atoms with E-state index >= 15 is 0 Å². The highest BCUT2D eigenvalue weighted by atomic mass is 32.2. The molecule has 0 aliphatic carbocycles. The third kappa shape index (κ3) is 6.05. The van der Waals surface area contributed by atoms with Crippen LogP contribution in [-0.4, -0.2) is 16.9 Å². The lowest BCUT2D eigenvalue weighted by Crippen LogP contribution is -2.43. The summed E-state index contributed by atoms with van der Waals surface area (Å²) in [5, 5.41) is 6.79. The standard InChI is InChI=1S/C14H20F2N2S2/c1-9(14(2,3)4)17-13(19)18-10-5-7-11(8-6-10)20-12(15)16/h5-9,12H,1-4H3,(H2,17,18,19)/t9-/m0/s1. The number of anilines is 1. The third-order valence-electron chi connectivity index (χ3n) is 2.98. The van der Waals surface area contributed by atoms with Crippen LogP contribution in [0.1, 0.15) is 27.7 Å². The summed E-state index contributed by atoms with van der Waals surface area (Å²) in [5.41, 5.74) is 0.881. The number of thiocarbonyl (C=S) groups is 1. The maximum absolute atomic E-state index is 12.2. The van der Waals surface area contributed by atoms with Crippen molar-refractivity contribution in [3.05, 3.63) is 24.3 Å². The van der Waals surface area contributed by atoms with Crippen molar-refractivity contribution in [3.63, 3.8) is 0 Å². The fraction of sp³-hybridized carbons (Fsp3) is 0.500. The monoisotopic (exact) mass is 318 g/mol. The van der Waals surface area contributed by atoms with Crippen molar-refractivity contribution in [2.75, 3.05) is 5.32 Å². The van der Waals surface area contributed by atoms with Gasteiger partial charge in [0.15, 0.2) is 5.11 Å². The zero-order valence-corrected chi connectivity index (χ0v) is 13.7. The highest BCUT2D eigenvalue weighted by Gasteiger charge is 2.20. The molecular weight excluding hydrogens is 298 g/mol. The maximum atomic E-state index is 12.2. The van der Waals surface area contributed by atoms with E-state index in [-0.39, 0.29) is 11.5 Å². The molecule has 1 rings (SSSR count). The first-order valence-electron chi connectivity index (χ1n) is 6.31. The van der Waals surface area contributed by atoms with Crippen LogP contribution in [-0.2, 0) is 0 Å². The van der Waals surface area contributed by atoms with Crippen LogP contribution < -0.4 is 10.6 Å². The lowest BCUT2D eigenvalue weighted by atomic mass is 9.88. The van der Waals surface area contributed by atoms with Crippen LogP contribution in [0, 0.1) is 5.41 Å². The Morgan fingerprint density at radius 1 is 1.20 bits per heavy atom. The first-order valence-corrected chi connectivity index (χ1v) is 7.59. The minimum Gasteiger partial charge on any atom is -0.359 e. The summed E-state index contributed by atoms with van der Waals surface area (Å²) in [5.74, 6) is -2.40. The average Bonchev–Trinajstić information content (AvgIpc) is 2.29. The van der Waals surface area contributed by atoms with Gasteiger partial charge in [-0.05, 0) is 48.8 Å². The van der Waals surface area contributed by atoms with Crippen molar-refractivity contribution in [1.82, 2.24) is 5.32 Å². The van der Waals surface area contributed by atoms with Gasteiger partial charge in [-0.1, -0.05) is 32.5 Å². The number of alkyl halides is 2. The molecule has 0 aliphatic rings. The quantitative estimate of drug-likeness (QED) is 0.619. The van der Waals surface area contributed by atoms with E-state index in [0.29, 0.717) is 21.8 Å². The Bertz CT molecular complexity index is 441. The molecule has 0 bridgehead atoms. The van der Waals surface area contributed by atoms with E-state index in [1.807, 2.05) is 0 Å². The van der Waals surface area contributed by atoms with Crippen molar-refractivity contribution in [2.24, 2.45) is 5.41 Å². The molecule has 0 aliphatic heterocycles. The molecule has 0 unspecified atom stereocenters.